The summed E-state index contributed by atoms with van der Waals surface area (Å²) in [6.45, 7) is 1.13. The number of anilines is 1. The van der Waals surface area contributed by atoms with Gasteiger partial charge in [-0.3, -0.25) is 4.79 Å². The van der Waals surface area contributed by atoms with E-state index in [1.54, 1.807) is 30.0 Å². The van der Waals surface area contributed by atoms with E-state index in [1.807, 2.05) is 48.5 Å². The molecule has 2 aliphatic heterocycles. The highest BCUT2D eigenvalue weighted by Gasteiger charge is 2.37. The van der Waals surface area contributed by atoms with Crippen LogP contribution in [-0.2, 0) is 11.2 Å². The van der Waals surface area contributed by atoms with Crippen molar-refractivity contribution in [3.63, 3.8) is 0 Å². The summed E-state index contributed by atoms with van der Waals surface area (Å²) in [7, 11) is 1.58. The molecule has 10 heteroatoms. The number of hydrogen-bond acceptors (Lipinski definition) is 8. The quantitative estimate of drug-likeness (QED) is 0.443. The van der Waals surface area contributed by atoms with Crippen LogP contribution in [0.4, 0.5) is 5.95 Å². The molecule has 4 bridgehead atoms. The van der Waals surface area contributed by atoms with Crippen molar-refractivity contribution in [1.29, 1.82) is 0 Å². The van der Waals surface area contributed by atoms with Crippen LogP contribution in [0.15, 0.2) is 66.7 Å². The Balaban J connectivity index is 1.39. The smallest absolute Gasteiger partial charge is 0.250 e. The lowest BCUT2D eigenvalue weighted by atomic mass is 9.93. The number of aromatic hydroxyl groups is 1. The minimum absolute atomic E-state index is 0.0215. The van der Waals surface area contributed by atoms with Gasteiger partial charge in [0.2, 0.25) is 11.9 Å². The Morgan fingerprint density at radius 3 is 2.73 bits per heavy atom. The van der Waals surface area contributed by atoms with E-state index >= 15 is 0 Å². The van der Waals surface area contributed by atoms with Crippen molar-refractivity contribution in [1.82, 2.24) is 25.5 Å². The molecule has 4 aromatic rings. The maximum atomic E-state index is 13.0. The van der Waals surface area contributed by atoms with Gasteiger partial charge in [-0.1, -0.05) is 35.4 Å². The summed E-state index contributed by atoms with van der Waals surface area (Å²) in [6, 6.07) is 20.4. The van der Waals surface area contributed by atoms with Gasteiger partial charge in [0.05, 0.1) is 18.8 Å². The summed E-state index contributed by atoms with van der Waals surface area (Å²) in [4.78, 5) is 15.1. The summed E-state index contributed by atoms with van der Waals surface area (Å²) in [5.41, 5.74) is 2.72. The lowest BCUT2D eigenvalue weighted by Crippen LogP contribution is -2.40. The fourth-order valence-corrected chi connectivity index (χ4v) is 5.02. The lowest BCUT2D eigenvalue weighted by Gasteiger charge is -2.21. The molecule has 10 nitrogen and oxygen atoms in total. The second-order valence-corrected chi connectivity index (χ2v) is 9.23. The molecule has 6 rings (SSSR count). The van der Waals surface area contributed by atoms with Gasteiger partial charge < -0.3 is 24.8 Å². The van der Waals surface area contributed by atoms with Crippen molar-refractivity contribution in [2.45, 2.75) is 24.8 Å². The second kappa shape index (κ2) is 9.45. The summed E-state index contributed by atoms with van der Waals surface area (Å²) < 4.78 is 13.4. The van der Waals surface area contributed by atoms with Crippen molar-refractivity contribution >= 4 is 11.9 Å². The van der Waals surface area contributed by atoms with Crippen LogP contribution in [0.1, 0.15) is 23.5 Å². The van der Waals surface area contributed by atoms with Gasteiger partial charge in [0.1, 0.15) is 0 Å². The van der Waals surface area contributed by atoms with Crippen LogP contribution in [0.25, 0.3) is 5.69 Å². The molecule has 0 saturated carbocycles. The zero-order chi connectivity index (χ0) is 25.4. The minimum Gasteiger partial charge on any atom is -0.504 e. The number of phenolic OH excluding ortho intramolecular Hbond substituents is 1. The Kier molecular flexibility index (Phi) is 5.84. The molecule has 1 amide bonds. The normalized spacial score (nSPS) is 19.1. The highest BCUT2D eigenvalue weighted by Crippen LogP contribution is 2.40. The zero-order valence-corrected chi connectivity index (χ0v) is 20.2. The molecule has 2 atom stereocenters. The number of carbonyl (C=O) groups excluding carboxylic acids is 1. The Hall–Kier alpha value is -4.60. The van der Waals surface area contributed by atoms with E-state index < -0.39 is 0 Å². The number of tetrazole rings is 1. The molecule has 1 aromatic heterocycles. The number of fused-ring (bicyclic) bond motifs is 6. The predicted molar refractivity (Wildman–Crippen MR) is 136 cm³/mol. The van der Waals surface area contributed by atoms with Gasteiger partial charge >= 0.3 is 0 Å². The molecule has 3 heterocycles. The summed E-state index contributed by atoms with van der Waals surface area (Å²) >= 11 is 0. The molecule has 2 N–H and O–H groups in total. The molecule has 3 aromatic carbocycles. The maximum absolute atomic E-state index is 13.0. The highest BCUT2D eigenvalue weighted by atomic mass is 16.5. The lowest BCUT2D eigenvalue weighted by molar-refractivity contribution is -0.121. The molecule has 0 radical (unpaired) electrons. The number of rotatable bonds is 3. The maximum Gasteiger partial charge on any atom is 0.250 e. The topological polar surface area (TPSA) is 115 Å². The summed E-state index contributed by atoms with van der Waals surface area (Å²) in [6.07, 6.45) is 0.834. The molecule has 1 fully saturated rings. The van der Waals surface area contributed by atoms with E-state index in [2.05, 4.69) is 25.7 Å². The first-order valence-electron chi connectivity index (χ1n) is 12.1. The summed E-state index contributed by atoms with van der Waals surface area (Å²) in [5, 5.41) is 26.1. The predicted octanol–water partition coefficient (Wildman–Crippen LogP) is 3.20. The van der Waals surface area contributed by atoms with Crippen molar-refractivity contribution < 1.29 is 19.4 Å². The number of nitrogens with zero attached hydrogens (tertiary/aromatic N) is 5. The Morgan fingerprint density at radius 2 is 1.89 bits per heavy atom. The number of aromatic nitrogens is 4. The van der Waals surface area contributed by atoms with Crippen LogP contribution in [0.5, 0.6) is 23.0 Å². The molecule has 0 unspecified atom stereocenters. The number of ether oxygens (including phenoxy) is 2. The highest BCUT2D eigenvalue weighted by molar-refractivity contribution is 5.77. The van der Waals surface area contributed by atoms with Gasteiger partial charge in [-0.05, 0) is 64.4 Å². The van der Waals surface area contributed by atoms with Gasteiger partial charge in [-0.2, -0.15) is 4.68 Å². The Morgan fingerprint density at radius 1 is 1.03 bits per heavy atom. The standard InChI is InChI=1S/C27H26N6O4/c1-36-23-11-9-18-14-25(23)37-24-13-17(7-10-22(24)34)8-12-26(35)28-21-16-32(15-20(18)21)27-29-30-31-33(27)19-5-3-2-4-6-19/h2-7,9-11,13-14,20-21,34H,8,12,15-16H2,1H3,(H,28,35)/t20-,21+/m0/s1. The Bertz CT molecular complexity index is 1440. The fourth-order valence-electron chi connectivity index (χ4n) is 5.02. The van der Waals surface area contributed by atoms with Crippen molar-refractivity contribution in [3.8, 4) is 28.7 Å². The average Bonchev–Trinajstić information content (AvgIpc) is 3.57. The largest absolute Gasteiger partial charge is 0.504 e. The van der Waals surface area contributed by atoms with Crippen molar-refractivity contribution in [3.05, 3.63) is 77.9 Å². The van der Waals surface area contributed by atoms with E-state index in [-0.39, 0.29) is 23.6 Å². The molecule has 0 spiro atoms. The zero-order valence-electron chi connectivity index (χ0n) is 20.2. The molecule has 37 heavy (non-hydrogen) atoms. The number of aryl methyl sites for hydroxylation is 1. The van der Waals surface area contributed by atoms with E-state index in [4.69, 9.17) is 9.47 Å². The number of carbonyl (C=O) groups is 1. The van der Waals surface area contributed by atoms with Gasteiger partial charge in [0.25, 0.3) is 0 Å². The first kappa shape index (κ1) is 22.8. The van der Waals surface area contributed by atoms with Crippen LogP contribution < -0.4 is 19.7 Å². The third kappa shape index (κ3) is 4.42. The van der Waals surface area contributed by atoms with E-state index in [0.29, 0.717) is 49.1 Å². The molecule has 1 saturated heterocycles. The summed E-state index contributed by atoms with van der Waals surface area (Å²) in [5.74, 6) is 1.89. The minimum atomic E-state index is -0.174. The van der Waals surface area contributed by atoms with Crippen LogP contribution in [0.3, 0.4) is 0 Å². The van der Waals surface area contributed by atoms with E-state index in [0.717, 1.165) is 16.8 Å². The third-order valence-corrected chi connectivity index (χ3v) is 6.90. The van der Waals surface area contributed by atoms with Gasteiger partial charge in [-0.25, -0.2) is 0 Å². The first-order chi connectivity index (χ1) is 18.1. The SMILES string of the molecule is COc1ccc2cc1Oc1cc(ccc1O)CCC(=O)N[C@@H]1CN(c3nnnn3-c3ccccc3)C[C@@H]21. The van der Waals surface area contributed by atoms with Gasteiger partial charge in [-0.15, -0.1) is 0 Å². The molecule has 0 aliphatic carbocycles. The average molecular weight is 499 g/mol. The number of hydrogen-bond donors (Lipinski definition) is 2. The molecule has 2 aliphatic rings. The van der Waals surface area contributed by atoms with Crippen molar-refractivity contribution in [2.75, 3.05) is 25.1 Å². The second-order valence-electron chi connectivity index (χ2n) is 9.23. The molecular formula is C27H26N6O4. The number of amides is 1. The number of para-hydroxylation sites is 1. The van der Waals surface area contributed by atoms with Crippen LogP contribution in [0, 0.1) is 0 Å². The van der Waals surface area contributed by atoms with E-state index in [9.17, 15) is 9.90 Å². The van der Waals surface area contributed by atoms with E-state index in [1.165, 1.54) is 0 Å². The third-order valence-electron chi connectivity index (χ3n) is 6.90. The van der Waals surface area contributed by atoms with Crippen molar-refractivity contribution in [2.24, 2.45) is 0 Å². The first-order valence-corrected chi connectivity index (χ1v) is 12.1. The number of benzene rings is 3. The molecular weight excluding hydrogens is 472 g/mol. The number of nitrogens with one attached hydrogen (secondary N) is 1. The number of phenols is 1. The van der Waals surface area contributed by atoms with Crippen LogP contribution in [0.2, 0.25) is 0 Å². The van der Waals surface area contributed by atoms with Gasteiger partial charge in [0.15, 0.2) is 23.0 Å². The van der Waals surface area contributed by atoms with Crippen LogP contribution in [-0.4, -0.2) is 57.5 Å². The monoisotopic (exact) mass is 498 g/mol. The number of methoxy groups -OCH3 is 1. The Labute approximate surface area is 213 Å². The fraction of sp³-hybridized carbons (Fsp3) is 0.259. The van der Waals surface area contributed by atoms with Gasteiger partial charge in [0, 0.05) is 25.4 Å². The van der Waals surface area contributed by atoms with Crippen LogP contribution >= 0.6 is 0 Å². The molecule has 188 valence electrons.